The minimum absolute atomic E-state index is 0.0138. The van der Waals surface area contributed by atoms with E-state index in [-0.39, 0.29) is 29.9 Å². The number of anilines is 1. The van der Waals surface area contributed by atoms with Gasteiger partial charge in [0.05, 0.1) is 5.69 Å². The molecule has 2 heterocycles. The van der Waals surface area contributed by atoms with Crippen molar-refractivity contribution in [1.82, 2.24) is 19.7 Å². The van der Waals surface area contributed by atoms with Gasteiger partial charge < -0.3 is 5.32 Å². The van der Waals surface area contributed by atoms with Crippen molar-refractivity contribution in [1.29, 1.82) is 0 Å². The number of hydrogen-bond acceptors (Lipinski definition) is 5. The van der Waals surface area contributed by atoms with Crippen LogP contribution in [0.3, 0.4) is 0 Å². The maximum absolute atomic E-state index is 12.6. The molecule has 0 unspecified atom stereocenters. The summed E-state index contributed by atoms with van der Waals surface area (Å²) in [7, 11) is 0. The Balaban J connectivity index is 1.45. The third kappa shape index (κ3) is 4.71. The number of benzene rings is 1. The zero-order valence-corrected chi connectivity index (χ0v) is 18.2. The number of Topliss-reactive ketones (excluding diaryl/α,β-unsaturated/α-hetero) is 1. The van der Waals surface area contributed by atoms with Crippen LogP contribution in [0.4, 0.5) is 5.82 Å². The highest BCUT2D eigenvalue weighted by molar-refractivity contribution is 6.00. The van der Waals surface area contributed by atoms with Gasteiger partial charge in [-0.15, -0.1) is 0 Å². The molecular formula is C24H27N5O2. The second-order valence-corrected chi connectivity index (χ2v) is 8.93. The van der Waals surface area contributed by atoms with Crippen LogP contribution in [0, 0.1) is 0 Å². The van der Waals surface area contributed by atoms with E-state index in [1.54, 1.807) is 18.5 Å². The Labute approximate surface area is 181 Å². The predicted octanol–water partition coefficient (Wildman–Crippen LogP) is 4.05. The van der Waals surface area contributed by atoms with Crippen molar-refractivity contribution in [3.8, 4) is 5.95 Å². The Hall–Kier alpha value is -3.35. The van der Waals surface area contributed by atoms with Crippen molar-refractivity contribution in [2.45, 2.75) is 58.3 Å². The van der Waals surface area contributed by atoms with Gasteiger partial charge in [-0.2, -0.15) is 9.78 Å². The minimum atomic E-state index is -0.243. The predicted molar refractivity (Wildman–Crippen MR) is 119 cm³/mol. The third-order valence-electron chi connectivity index (χ3n) is 5.49. The van der Waals surface area contributed by atoms with E-state index in [0.717, 1.165) is 25.0 Å². The molecule has 0 bridgehead atoms. The molecule has 0 saturated carbocycles. The molecular weight excluding hydrogens is 390 g/mol. The van der Waals surface area contributed by atoms with Gasteiger partial charge in [0.15, 0.2) is 5.78 Å². The number of nitrogens with zero attached hydrogens (tertiary/aromatic N) is 4. The molecule has 0 aliphatic heterocycles. The van der Waals surface area contributed by atoms with Gasteiger partial charge >= 0.3 is 0 Å². The van der Waals surface area contributed by atoms with Gasteiger partial charge in [-0.05, 0) is 42.5 Å². The summed E-state index contributed by atoms with van der Waals surface area (Å²) in [5, 5.41) is 7.47. The smallest absolute Gasteiger partial charge is 0.252 e. The Morgan fingerprint density at radius 3 is 2.52 bits per heavy atom. The van der Waals surface area contributed by atoms with Gasteiger partial charge in [0.25, 0.3) is 5.95 Å². The van der Waals surface area contributed by atoms with Gasteiger partial charge in [-0.1, -0.05) is 32.9 Å². The average Bonchev–Trinajstić information content (AvgIpc) is 3.39. The molecule has 31 heavy (non-hydrogen) atoms. The largest absolute Gasteiger partial charge is 0.310 e. The molecule has 0 saturated heterocycles. The molecule has 3 aromatic rings. The lowest BCUT2D eigenvalue weighted by molar-refractivity contribution is -0.116. The summed E-state index contributed by atoms with van der Waals surface area (Å²) in [5.74, 6) is 0.612. The molecule has 1 aliphatic rings. The van der Waals surface area contributed by atoms with Crippen LogP contribution in [0.25, 0.3) is 5.95 Å². The molecule has 4 rings (SSSR count). The van der Waals surface area contributed by atoms with E-state index in [9.17, 15) is 9.59 Å². The summed E-state index contributed by atoms with van der Waals surface area (Å²) < 4.78 is 1.53. The van der Waals surface area contributed by atoms with Crippen molar-refractivity contribution in [3.63, 3.8) is 0 Å². The first-order valence-electron chi connectivity index (χ1n) is 10.6. The fourth-order valence-electron chi connectivity index (χ4n) is 3.71. The van der Waals surface area contributed by atoms with Crippen LogP contribution >= 0.6 is 0 Å². The summed E-state index contributed by atoms with van der Waals surface area (Å²) in [4.78, 5) is 33.7. The normalized spacial score (nSPS) is 13.1. The van der Waals surface area contributed by atoms with Gasteiger partial charge in [-0.25, -0.2) is 9.97 Å². The molecule has 160 valence electrons. The van der Waals surface area contributed by atoms with Crippen molar-refractivity contribution in [2.24, 2.45) is 0 Å². The van der Waals surface area contributed by atoms with Gasteiger partial charge in [0.2, 0.25) is 5.91 Å². The molecule has 0 radical (unpaired) electrons. The molecule has 7 heteroatoms. The number of aromatic nitrogens is 4. The van der Waals surface area contributed by atoms with E-state index in [1.807, 2.05) is 45.0 Å². The van der Waals surface area contributed by atoms with Crippen LogP contribution in [0.5, 0.6) is 0 Å². The van der Waals surface area contributed by atoms with Crippen molar-refractivity contribution < 1.29 is 9.59 Å². The molecule has 1 aromatic carbocycles. The molecule has 7 nitrogen and oxygen atoms in total. The van der Waals surface area contributed by atoms with Crippen molar-refractivity contribution in [3.05, 3.63) is 65.1 Å². The second-order valence-electron chi connectivity index (χ2n) is 8.93. The topological polar surface area (TPSA) is 89.8 Å². The maximum Gasteiger partial charge on any atom is 0.252 e. The number of amides is 1. The highest BCUT2D eigenvalue weighted by Crippen LogP contribution is 2.26. The molecule has 1 amide bonds. The first kappa shape index (κ1) is 20.9. The van der Waals surface area contributed by atoms with E-state index in [0.29, 0.717) is 17.3 Å². The Morgan fingerprint density at radius 2 is 1.77 bits per heavy atom. The lowest BCUT2D eigenvalue weighted by atomic mass is 9.92. The number of fused-ring (bicyclic) bond motifs is 1. The Morgan fingerprint density at radius 1 is 1.03 bits per heavy atom. The number of carbonyl (C=O) groups is 2. The second kappa shape index (κ2) is 8.41. The van der Waals surface area contributed by atoms with Gasteiger partial charge in [0, 0.05) is 42.3 Å². The fraction of sp³-hybridized carbons (Fsp3) is 0.375. The van der Waals surface area contributed by atoms with Gasteiger partial charge in [0.1, 0.15) is 5.82 Å². The van der Waals surface area contributed by atoms with Crippen LogP contribution in [0.2, 0.25) is 0 Å². The zero-order chi connectivity index (χ0) is 22.0. The quantitative estimate of drug-likeness (QED) is 0.611. The minimum Gasteiger partial charge on any atom is -0.310 e. The van der Waals surface area contributed by atoms with Crippen molar-refractivity contribution >= 4 is 17.5 Å². The SMILES string of the molecule is CC(C)(C)c1cc(NC(=O)CCC(=O)c2ccc3c(c2)CCC3)n(-c2ncccn2)n1. The number of nitrogens with one attached hydrogen (secondary N) is 1. The van der Waals surface area contributed by atoms with Crippen LogP contribution in [0.15, 0.2) is 42.7 Å². The van der Waals surface area contributed by atoms with E-state index >= 15 is 0 Å². The maximum atomic E-state index is 12.6. The number of hydrogen-bond donors (Lipinski definition) is 1. The van der Waals surface area contributed by atoms with E-state index in [2.05, 4.69) is 20.4 Å². The summed E-state index contributed by atoms with van der Waals surface area (Å²) in [6.45, 7) is 6.14. The monoisotopic (exact) mass is 417 g/mol. The highest BCUT2D eigenvalue weighted by Gasteiger charge is 2.22. The van der Waals surface area contributed by atoms with Crippen LogP contribution in [-0.4, -0.2) is 31.4 Å². The van der Waals surface area contributed by atoms with Crippen molar-refractivity contribution in [2.75, 3.05) is 5.32 Å². The van der Waals surface area contributed by atoms with E-state index in [4.69, 9.17) is 0 Å². The summed E-state index contributed by atoms with van der Waals surface area (Å²) in [5.41, 5.74) is 3.89. The summed E-state index contributed by atoms with van der Waals surface area (Å²) in [6, 6.07) is 9.46. The zero-order valence-electron chi connectivity index (χ0n) is 18.2. The number of aryl methyl sites for hydroxylation is 2. The number of rotatable bonds is 6. The van der Waals surface area contributed by atoms with Crippen LogP contribution < -0.4 is 5.32 Å². The molecule has 1 aliphatic carbocycles. The van der Waals surface area contributed by atoms with Crippen LogP contribution in [-0.2, 0) is 23.1 Å². The molecule has 0 fully saturated rings. The van der Waals surface area contributed by atoms with Crippen LogP contribution in [0.1, 0.15) is 67.2 Å². The standard InChI is InChI=1S/C24H27N5O2/c1-24(2,3)20-15-21(29(28-20)23-25-12-5-13-26-23)27-22(31)11-10-19(30)18-9-8-16-6-4-7-17(16)14-18/h5,8-9,12-15H,4,6-7,10-11H2,1-3H3,(H,27,31). The third-order valence-corrected chi connectivity index (χ3v) is 5.49. The first-order valence-corrected chi connectivity index (χ1v) is 10.6. The average molecular weight is 418 g/mol. The molecule has 0 atom stereocenters. The fourth-order valence-corrected chi connectivity index (χ4v) is 3.71. The Bertz CT molecular complexity index is 1110. The molecule has 2 aromatic heterocycles. The van der Waals surface area contributed by atoms with Gasteiger partial charge in [-0.3, -0.25) is 9.59 Å². The summed E-state index contributed by atoms with van der Waals surface area (Å²) >= 11 is 0. The first-order chi connectivity index (χ1) is 14.8. The van der Waals surface area contributed by atoms with E-state index in [1.165, 1.54) is 15.8 Å². The summed E-state index contributed by atoms with van der Waals surface area (Å²) in [6.07, 6.45) is 6.77. The van der Waals surface area contributed by atoms with E-state index < -0.39 is 0 Å². The lowest BCUT2D eigenvalue weighted by Crippen LogP contribution is -2.17. The number of carbonyl (C=O) groups excluding carboxylic acids is 2. The lowest BCUT2D eigenvalue weighted by Gasteiger charge is -2.13. The molecule has 0 spiro atoms. The molecule has 1 N–H and O–H groups in total. The highest BCUT2D eigenvalue weighted by atomic mass is 16.2. The number of ketones is 1. The Kier molecular flexibility index (Phi) is 5.67.